The van der Waals surface area contributed by atoms with Crippen LogP contribution in [0.2, 0.25) is 0 Å². The molecule has 0 spiro atoms. The fourth-order valence-corrected chi connectivity index (χ4v) is 4.42. The van der Waals surface area contributed by atoms with Crippen LogP contribution in [0.4, 0.5) is 0 Å². The smallest absolute Gasteiger partial charge is 0.271 e. The van der Waals surface area contributed by atoms with E-state index in [9.17, 15) is 10.1 Å². The number of carbonyl (C=O) groups is 1. The monoisotopic (exact) mass is 439 g/mol. The Morgan fingerprint density at radius 1 is 1.18 bits per heavy atom. The Hall–Kier alpha value is -4.05. The predicted molar refractivity (Wildman–Crippen MR) is 126 cm³/mol. The highest BCUT2D eigenvalue weighted by Gasteiger charge is 2.29. The number of ether oxygens (including phenoxy) is 1. The summed E-state index contributed by atoms with van der Waals surface area (Å²) in [6.07, 6.45) is 6.95. The molecule has 1 fully saturated rings. The molecule has 0 aliphatic carbocycles. The van der Waals surface area contributed by atoms with E-state index in [4.69, 9.17) is 4.74 Å². The lowest BCUT2D eigenvalue weighted by atomic mass is 9.99. The van der Waals surface area contributed by atoms with Crippen LogP contribution in [0.1, 0.15) is 18.4 Å². The van der Waals surface area contributed by atoms with Crippen molar-refractivity contribution in [2.24, 2.45) is 0 Å². The van der Waals surface area contributed by atoms with E-state index in [1.807, 2.05) is 53.4 Å². The number of carbonyl (C=O) groups excluding carboxylic acids is 1. The summed E-state index contributed by atoms with van der Waals surface area (Å²) in [5, 5.41) is 14.4. The van der Waals surface area contributed by atoms with Crippen LogP contribution in [0.15, 0.2) is 66.8 Å². The average Bonchev–Trinajstić information content (AvgIpc) is 3.29. The van der Waals surface area contributed by atoms with E-state index in [0.29, 0.717) is 31.0 Å². The number of nitrogens with zero attached hydrogens (tertiary/aromatic N) is 4. The first-order valence-electron chi connectivity index (χ1n) is 11.1. The highest BCUT2D eigenvalue weighted by molar-refractivity contribution is 5.93. The number of hydrogen-bond acceptors (Lipinski definition) is 6. The molecular formula is C26H25N5O2. The fourth-order valence-electron chi connectivity index (χ4n) is 4.42. The third-order valence-electron chi connectivity index (χ3n) is 6.26. The van der Waals surface area contributed by atoms with Gasteiger partial charge in [0.05, 0.1) is 18.3 Å². The zero-order valence-electron chi connectivity index (χ0n) is 18.5. The molecular weight excluding hydrogens is 414 g/mol. The number of amides is 1. The standard InChI is InChI=1S/C26H25N5O2/c1-30-17-29-16-24(30)26(32)31-9-6-22(7-10-31)33-25-13-21(12-20-5-8-28-15-23(20)25)19-4-2-3-18(11-19)14-27/h2-5,8,11-13,15-16,22,29H,6-7,9-10,17H2,1H3. The van der Waals surface area contributed by atoms with Crippen molar-refractivity contribution in [3.63, 3.8) is 0 Å². The van der Waals surface area contributed by atoms with Gasteiger partial charge < -0.3 is 19.9 Å². The minimum Gasteiger partial charge on any atom is -0.490 e. The molecule has 166 valence electrons. The Morgan fingerprint density at radius 2 is 2.03 bits per heavy atom. The molecule has 0 saturated carbocycles. The van der Waals surface area contributed by atoms with Crippen LogP contribution in [0.5, 0.6) is 5.75 Å². The van der Waals surface area contributed by atoms with Gasteiger partial charge in [0.25, 0.3) is 5.91 Å². The number of fused-ring (bicyclic) bond motifs is 1. The molecule has 5 rings (SSSR count). The van der Waals surface area contributed by atoms with Crippen molar-refractivity contribution < 1.29 is 9.53 Å². The lowest BCUT2D eigenvalue weighted by molar-refractivity contribution is -0.130. The first-order valence-corrected chi connectivity index (χ1v) is 11.1. The number of aromatic nitrogens is 1. The van der Waals surface area contributed by atoms with Gasteiger partial charge >= 0.3 is 0 Å². The van der Waals surface area contributed by atoms with Gasteiger partial charge in [0.2, 0.25) is 0 Å². The molecule has 2 aliphatic heterocycles. The second-order valence-corrected chi connectivity index (χ2v) is 8.46. The minimum atomic E-state index is 0.0200. The fraction of sp³-hybridized carbons (Fsp3) is 0.269. The molecule has 0 unspecified atom stereocenters. The van der Waals surface area contributed by atoms with Gasteiger partial charge in [0, 0.05) is 57.0 Å². The average molecular weight is 440 g/mol. The minimum absolute atomic E-state index is 0.0200. The molecule has 1 N–H and O–H groups in total. The van der Waals surface area contributed by atoms with E-state index in [0.717, 1.165) is 40.5 Å². The molecule has 1 amide bonds. The molecule has 0 bridgehead atoms. The lowest BCUT2D eigenvalue weighted by Gasteiger charge is -2.33. The van der Waals surface area contributed by atoms with Crippen LogP contribution in [0.3, 0.4) is 0 Å². The molecule has 2 aliphatic rings. The Kier molecular flexibility index (Phi) is 5.57. The molecule has 7 heteroatoms. The number of nitrogens with one attached hydrogen (secondary N) is 1. The number of nitriles is 1. The summed E-state index contributed by atoms with van der Waals surface area (Å²) in [5.74, 6) is 0.847. The maximum atomic E-state index is 12.8. The molecule has 2 aromatic carbocycles. The number of pyridine rings is 1. The van der Waals surface area contributed by atoms with Gasteiger partial charge in [-0.25, -0.2) is 0 Å². The molecule has 7 nitrogen and oxygen atoms in total. The summed E-state index contributed by atoms with van der Waals surface area (Å²) in [6, 6.07) is 15.9. The third kappa shape index (κ3) is 4.20. The van der Waals surface area contributed by atoms with Gasteiger partial charge in [0.15, 0.2) is 0 Å². The number of piperidine rings is 1. The quantitative estimate of drug-likeness (QED) is 0.670. The van der Waals surface area contributed by atoms with Gasteiger partial charge in [-0.05, 0) is 46.8 Å². The summed E-state index contributed by atoms with van der Waals surface area (Å²) in [6.45, 7) is 1.99. The van der Waals surface area contributed by atoms with Crippen molar-refractivity contribution in [3.8, 4) is 22.9 Å². The second-order valence-electron chi connectivity index (χ2n) is 8.46. The molecule has 33 heavy (non-hydrogen) atoms. The van der Waals surface area contributed by atoms with E-state index in [1.165, 1.54) is 0 Å². The van der Waals surface area contributed by atoms with E-state index in [-0.39, 0.29) is 12.0 Å². The van der Waals surface area contributed by atoms with Crippen LogP contribution < -0.4 is 10.1 Å². The van der Waals surface area contributed by atoms with Crippen molar-refractivity contribution in [3.05, 3.63) is 72.3 Å². The first kappa shape index (κ1) is 20.8. The number of likely N-dealkylation sites (N-methyl/N-ethyl adjacent to an activating group) is 1. The van der Waals surface area contributed by atoms with Crippen LogP contribution in [0.25, 0.3) is 21.9 Å². The number of rotatable bonds is 4. The zero-order valence-corrected chi connectivity index (χ0v) is 18.5. The molecule has 3 heterocycles. The Balaban J connectivity index is 1.36. The van der Waals surface area contributed by atoms with Crippen molar-refractivity contribution >= 4 is 16.7 Å². The van der Waals surface area contributed by atoms with Gasteiger partial charge in [-0.1, -0.05) is 12.1 Å². The summed E-state index contributed by atoms with van der Waals surface area (Å²) in [4.78, 5) is 20.9. The Labute approximate surface area is 192 Å². The molecule has 1 saturated heterocycles. The van der Waals surface area contributed by atoms with Gasteiger partial charge in [0.1, 0.15) is 17.6 Å². The molecule has 0 atom stereocenters. The van der Waals surface area contributed by atoms with Crippen molar-refractivity contribution in [2.45, 2.75) is 18.9 Å². The van der Waals surface area contributed by atoms with Crippen LogP contribution in [0, 0.1) is 11.3 Å². The largest absolute Gasteiger partial charge is 0.490 e. The maximum absolute atomic E-state index is 12.8. The molecule has 0 radical (unpaired) electrons. The van der Waals surface area contributed by atoms with Crippen molar-refractivity contribution in [1.29, 1.82) is 5.26 Å². The lowest BCUT2D eigenvalue weighted by Crippen LogP contribution is -2.43. The van der Waals surface area contributed by atoms with Crippen molar-refractivity contribution in [2.75, 3.05) is 26.8 Å². The van der Waals surface area contributed by atoms with Crippen LogP contribution in [-0.4, -0.2) is 53.6 Å². The van der Waals surface area contributed by atoms with Crippen LogP contribution >= 0.6 is 0 Å². The topological polar surface area (TPSA) is 81.5 Å². The zero-order chi connectivity index (χ0) is 22.8. The van der Waals surface area contributed by atoms with Gasteiger partial charge in [-0.2, -0.15) is 5.26 Å². The van der Waals surface area contributed by atoms with E-state index >= 15 is 0 Å². The SMILES string of the molecule is CN1CNC=C1C(=O)N1CCC(Oc2cc(-c3cccc(C#N)c3)cc3ccncc23)CC1. The number of hydrogen-bond donors (Lipinski definition) is 1. The Morgan fingerprint density at radius 3 is 2.79 bits per heavy atom. The highest BCUT2D eigenvalue weighted by Crippen LogP contribution is 2.34. The number of likely N-dealkylation sites (tertiary alicyclic amines) is 1. The number of benzene rings is 2. The van der Waals surface area contributed by atoms with E-state index in [1.54, 1.807) is 18.5 Å². The summed E-state index contributed by atoms with van der Waals surface area (Å²) < 4.78 is 6.48. The van der Waals surface area contributed by atoms with Gasteiger partial charge in [-0.3, -0.25) is 9.78 Å². The normalized spacial score (nSPS) is 16.3. The van der Waals surface area contributed by atoms with Crippen LogP contribution in [-0.2, 0) is 4.79 Å². The summed E-state index contributed by atoms with van der Waals surface area (Å²) >= 11 is 0. The molecule has 3 aromatic rings. The second kappa shape index (κ2) is 8.83. The summed E-state index contributed by atoms with van der Waals surface area (Å²) in [7, 11) is 1.91. The first-order chi connectivity index (χ1) is 16.1. The van der Waals surface area contributed by atoms with Crippen molar-refractivity contribution in [1.82, 2.24) is 20.1 Å². The third-order valence-corrected chi connectivity index (χ3v) is 6.26. The molecule has 1 aromatic heterocycles. The van der Waals surface area contributed by atoms with E-state index in [2.05, 4.69) is 22.4 Å². The Bertz CT molecular complexity index is 1270. The van der Waals surface area contributed by atoms with E-state index < -0.39 is 0 Å². The van der Waals surface area contributed by atoms with Gasteiger partial charge in [-0.15, -0.1) is 0 Å². The highest BCUT2D eigenvalue weighted by atomic mass is 16.5. The maximum Gasteiger partial charge on any atom is 0.271 e. The predicted octanol–water partition coefficient (Wildman–Crippen LogP) is 3.48. The summed E-state index contributed by atoms with van der Waals surface area (Å²) in [5.41, 5.74) is 3.30.